The van der Waals surface area contributed by atoms with Crippen molar-refractivity contribution in [2.45, 2.75) is 58.3 Å². The summed E-state index contributed by atoms with van der Waals surface area (Å²) < 4.78 is 6.10. The standard InChI is InChI=1S/C21H27BO5/c1-11-6-7-14-20(2,3)8-5-9-21(14,4)15-12-10-13(23)17(24)16(22(25)26)19(12)27-18(11)15/h10,14,23-26H,1,5-9H2,2-4H3. The number of aromatic hydroxyl groups is 2. The van der Waals surface area contributed by atoms with Crippen molar-refractivity contribution in [3.05, 3.63) is 24.0 Å². The van der Waals surface area contributed by atoms with Gasteiger partial charge in [0.15, 0.2) is 11.5 Å². The number of allylic oxidation sites excluding steroid dienone is 1. The topological polar surface area (TPSA) is 94.1 Å². The maximum atomic E-state index is 10.2. The van der Waals surface area contributed by atoms with E-state index in [0.29, 0.717) is 17.1 Å². The normalized spacial score (nSPS) is 27.1. The number of benzene rings is 1. The molecule has 0 spiro atoms. The first-order valence-corrected chi connectivity index (χ1v) is 9.64. The van der Waals surface area contributed by atoms with E-state index in [9.17, 15) is 20.3 Å². The molecule has 1 aromatic carbocycles. The number of fused-ring (bicyclic) bond motifs is 5. The van der Waals surface area contributed by atoms with E-state index in [1.807, 2.05) is 0 Å². The molecule has 0 amide bonds. The molecule has 5 nitrogen and oxygen atoms in total. The lowest BCUT2D eigenvalue weighted by Crippen LogP contribution is -2.44. The first-order chi connectivity index (χ1) is 12.6. The third-order valence-electron chi connectivity index (χ3n) is 7.08. The van der Waals surface area contributed by atoms with Crippen molar-refractivity contribution in [1.29, 1.82) is 0 Å². The molecule has 1 fully saturated rings. The molecule has 2 aliphatic rings. The quantitative estimate of drug-likeness (QED) is 0.456. The highest BCUT2D eigenvalue weighted by Gasteiger charge is 2.51. The van der Waals surface area contributed by atoms with Crippen molar-refractivity contribution in [1.82, 2.24) is 0 Å². The fourth-order valence-electron chi connectivity index (χ4n) is 5.85. The Kier molecular flexibility index (Phi) is 3.96. The van der Waals surface area contributed by atoms with Crippen LogP contribution in [0.3, 0.4) is 0 Å². The van der Waals surface area contributed by atoms with Crippen molar-refractivity contribution in [2.24, 2.45) is 11.3 Å². The van der Waals surface area contributed by atoms with Crippen LogP contribution in [0, 0.1) is 11.3 Å². The number of furan rings is 1. The second kappa shape index (κ2) is 5.79. The predicted octanol–water partition coefficient (Wildman–Crippen LogP) is 3.41. The molecule has 2 aromatic rings. The van der Waals surface area contributed by atoms with Crippen LogP contribution in [-0.2, 0) is 5.41 Å². The molecule has 4 rings (SSSR count). The average Bonchev–Trinajstić information content (AvgIpc) is 2.88. The molecule has 0 saturated heterocycles. The Bertz CT molecular complexity index is 942. The lowest BCUT2D eigenvalue weighted by atomic mass is 9.53. The van der Waals surface area contributed by atoms with Crippen LogP contribution in [0.5, 0.6) is 11.5 Å². The Balaban J connectivity index is 2.10. The summed E-state index contributed by atoms with van der Waals surface area (Å²) >= 11 is 0. The van der Waals surface area contributed by atoms with E-state index in [2.05, 4.69) is 27.4 Å². The maximum absolute atomic E-state index is 10.2. The molecule has 6 heteroatoms. The molecule has 144 valence electrons. The highest BCUT2D eigenvalue weighted by atomic mass is 16.4. The summed E-state index contributed by atoms with van der Waals surface area (Å²) in [6.45, 7) is 11.1. The van der Waals surface area contributed by atoms with Gasteiger partial charge in [0, 0.05) is 16.4 Å². The number of hydrogen-bond donors (Lipinski definition) is 4. The Morgan fingerprint density at radius 1 is 1.19 bits per heavy atom. The minimum absolute atomic E-state index is 0.163. The van der Waals surface area contributed by atoms with Gasteiger partial charge < -0.3 is 24.7 Å². The van der Waals surface area contributed by atoms with Crippen molar-refractivity contribution < 1.29 is 24.7 Å². The van der Waals surface area contributed by atoms with Gasteiger partial charge in [-0.25, -0.2) is 0 Å². The van der Waals surface area contributed by atoms with E-state index in [-0.39, 0.29) is 27.6 Å². The van der Waals surface area contributed by atoms with Crippen LogP contribution in [0.1, 0.15) is 64.2 Å². The Morgan fingerprint density at radius 2 is 1.89 bits per heavy atom. The smallest absolute Gasteiger partial charge is 0.496 e. The Hall–Kier alpha value is -1.92. The van der Waals surface area contributed by atoms with Crippen molar-refractivity contribution in [2.75, 3.05) is 0 Å². The van der Waals surface area contributed by atoms with Gasteiger partial charge in [-0.1, -0.05) is 33.8 Å². The van der Waals surface area contributed by atoms with Crippen LogP contribution in [0.4, 0.5) is 0 Å². The van der Waals surface area contributed by atoms with Crippen LogP contribution >= 0.6 is 0 Å². The van der Waals surface area contributed by atoms with Crippen LogP contribution in [0.15, 0.2) is 17.1 Å². The molecular weight excluding hydrogens is 343 g/mol. The van der Waals surface area contributed by atoms with Gasteiger partial charge in [-0.15, -0.1) is 0 Å². The monoisotopic (exact) mass is 370 g/mol. The molecule has 2 atom stereocenters. The molecule has 0 bridgehead atoms. The summed E-state index contributed by atoms with van der Waals surface area (Å²) in [4.78, 5) is 0. The molecule has 2 unspecified atom stereocenters. The Morgan fingerprint density at radius 3 is 2.56 bits per heavy atom. The van der Waals surface area contributed by atoms with Crippen LogP contribution in [0.25, 0.3) is 16.5 Å². The van der Waals surface area contributed by atoms with Gasteiger partial charge in [0.05, 0.1) is 5.46 Å². The molecule has 1 saturated carbocycles. The molecule has 27 heavy (non-hydrogen) atoms. The summed E-state index contributed by atoms with van der Waals surface area (Å²) in [5.41, 5.74) is 1.87. The highest BCUT2D eigenvalue weighted by molar-refractivity contribution is 6.63. The van der Waals surface area contributed by atoms with Gasteiger partial charge in [-0.2, -0.15) is 0 Å². The summed E-state index contributed by atoms with van der Waals surface area (Å²) in [5.74, 6) is 0.146. The number of phenolic OH excluding ortho intramolecular Hbond substituents is 2. The van der Waals surface area contributed by atoms with Crippen LogP contribution < -0.4 is 5.46 Å². The molecule has 2 aliphatic carbocycles. The molecule has 0 radical (unpaired) electrons. The van der Waals surface area contributed by atoms with E-state index in [4.69, 9.17) is 4.42 Å². The second-order valence-corrected chi connectivity index (χ2v) is 9.17. The number of phenols is 2. The van der Waals surface area contributed by atoms with Gasteiger partial charge >= 0.3 is 7.12 Å². The highest BCUT2D eigenvalue weighted by Crippen LogP contribution is 2.59. The minimum atomic E-state index is -1.95. The third kappa shape index (κ3) is 2.46. The fourth-order valence-corrected chi connectivity index (χ4v) is 5.85. The second-order valence-electron chi connectivity index (χ2n) is 9.17. The molecule has 1 heterocycles. The third-order valence-corrected chi connectivity index (χ3v) is 7.08. The molecule has 0 aliphatic heterocycles. The molecular formula is C21H27BO5. The van der Waals surface area contributed by atoms with Crippen molar-refractivity contribution in [3.63, 3.8) is 0 Å². The largest absolute Gasteiger partial charge is 0.504 e. The lowest BCUT2D eigenvalue weighted by Gasteiger charge is -2.50. The van der Waals surface area contributed by atoms with Crippen molar-refractivity contribution >= 4 is 29.1 Å². The average molecular weight is 370 g/mol. The van der Waals surface area contributed by atoms with E-state index >= 15 is 0 Å². The molecule has 1 aromatic heterocycles. The van der Waals surface area contributed by atoms with Gasteiger partial charge in [0.1, 0.15) is 11.3 Å². The SMILES string of the molecule is C=C1CCC2C(C)(C)CCCC2(C)c2c1oc1c(B(O)O)c(O)c(O)cc21. The van der Waals surface area contributed by atoms with Crippen molar-refractivity contribution in [3.8, 4) is 11.5 Å². The van der Waals surface area contributed by atoms with Crippen LogP contribution in [-0.4, -0.2) is 27.4 Å². The lowest BCUT2D eigenvalue weighted by molar-refractivity contribution is 0.0519. The zero-order valence-corrected chi connectivity index (χ0v) is 16.2. The zero-order chi connectivity index (χ0) is 19.7. The summed E-state index contributed by atoms with van der Waals surface area (Å²) in [5, 5.41) is 40.6. The van der Waals surface area contributed by atoms with Gasteiger partial charge in [0.25, 0.3) is 0 Å². The van der Waals surface area contributed by atoms with E-state index in [0.717, 1.165) is 43.2 Å². The predicted molar refractivity (Wildman–Crippen MR) is 106 cm³/mol. The van der Waals surface area contributed by atoms with Gasteiger partial charge in [-0.05, 0) is 48.7 Å². The van der Waals surface area contributed by atoms with E-state index < -0.39 is 12.9 Å². The van der Waals surface area contributed by atoms with Crippen LogP contribution in [0.2, 0.25) is 0 Å². The summed E-state index contributed by atoms with van der Waals surface area (Å²) in [6, 6.07) is 1.49. The molecule has 4 N–H and O–H groups in total. The Labute approximate surface area is 159 Å². The summed E-state index contributed by atoms with van der Waals surface area (Å²) in [6.07, 6.45) is 5.09. The van der Waals surface area contributed by atoms with E-state index in [1.54, 1.807) is 0 Å². The minimum Gasteiger partial charge on any atom is -0.504 e. The zero-order valence-electron chi connectivity index (χ0n) is 16.2. The van der Waals surface area contributed by atoms with E-state index in [1.165, 1.54) is 6.07 Å². The first-order valence-electron chi connectivity index (χ1n) is 9.64. The fraction of sp³-hybridized carbons (Fsp3) is 0.524. The van der Waals surface area contributed by atoms with Gasteiger partial charge in [0.2, 0.25) is 0 Å². The maximum Gasteiger partial charge on any atom is 0.496 e. The first kappa shape index (κ1) is 18.4. The summed E-state index contributed by atoms with van der Waals surface area (Å²) in [7, 11) is -1.95. The number of hydrogen-bond acceptors (Lipinski definition) is 5. The van der Waals surface area contributed by atoms with Gasteiger partial charge in [-0.3, -0.25) is 0 Å². The number of rotatable bonds is 1.